The molecule has 2 nitrogen and oxygen atoms in total. The summed E-state index contributed by atoms with van der Waals surface area (Å²) in [6, 6.07) is 1.53. The van der Waals surface area contributed by atoms with E-state index in [0.29, 0.717) is 11.5 Å². The van der Waals surface area contributed by atoms with Crippen molar-refractivity contribution in [3.63, 3.8) is 0 Å². The van der Waals surface area contributed by atoms with Gasteiger partial charge in [-0.05, 0) is 76.8 Å². The molecule has 0 aromatic carbocycles. The van der Waals surface area contributed by atoms with Crippen LogP contribution in [0.25, 0.3) is 0 Å². The highest BCUT2D eigenvalue weighted by atomic mass is 15.2. The molecule has 2 heteroatoms. The Bertz CT molecular complexity index is 279. The summed E-state index contributed by atoms with van der Waals surface area (Å²) in [6.07, 6.45) is 9.86. The molecular formula is C18H36N2. The first-order valence-electron chi connectivity index (χ1n) is 8.94. The second-order valence-corrected chi connectivity index (χ2v) is 8.25. The average molecular weight is 280 g/mol. The number of hydrogen-bond donors (Lipinski definition) is 1. The molecule has 1 aliphatic heterocycles. The van der Waals surface area contributed by atoms with Crippen molar-refractivity contribution in [1.82, 2.24) is 10.2 Å². The fraction of sp³-hybridized carbons (Fsp3) is 1.00. The molecule has 0 amide bonds. The van der Waals surface area contributed by atoms with Crippen LogP contribution < -0.4 is 5.32 Å². The Kier molecular flexibility index (Phi) is 5.92. The second kappa shape index (κ2) is 7.26. The van der Waals surface area contributed by atoms with E-state index in [0.717, 1.165) is 12.0 Å². The molecule has 1 heterocycles. The van der Waals surface area contributed by atoms with Crippen LogP contribution >= 0.6 is 0 Å². The van der Waals surface area contributed by atoms with Gasteiger partial charge in [-0.25, -0.2) is 0 Å². The first kappa shape index (κ1) is 16.3. The molecule has 118 valence electrons. The Morgan fingerprint density at radius 2 is 1.90 bits per heavy atom. The molecule has 2 fully saturated rings. The molecule has 1 aliphatic carbocycles. The number of rotatable bonds is 4. The van der Waals surface area contributed by atoms with Gasteiger partial charge in [0.05, 0.1) is 0 Å². The molecule has 0 aromatic heterocycles. The summed E-state index contributed by atoms with van der Waals surface area (Å²) in [5.41, 5.74) is 0.573. The van der Waals surface area contributed by atoms with Crippen LogP contribution in [0, 0.1) is 11.3 Å². The average Bonchev–Trinajstić information content (AvgIpc) is 2.58. The van der Waals surface area contributed by atoms with E-state index in [2.05, 4.69) is 37.9 Å². The first-order valence-corrected chi connectivity index (χ1v) is 8.94. The SMILES string of the molecule is CC(C)N(CC1CCCNC1)C1CCCC(C)(C)CC1. The zero-order valence-corrected chi connectivity index (χ0v) is 14.3. The number of piperidine rings is 1. The van der Waals surface area contributed by atoms with Crippen molar-refractivity contribution in [2.24, 2.45) is 11.3 Å². The highest BCUT2D eigenvalue weighted by Crippen LogP contribution is 2.36. The van der Waals surface area contributed by atoms with Crippen LogP contribution in [0.1, 0.15) is 72.6 Å². The van der Waals surface area contributed by atoms with Crippen molar-refractivity contribution in [2.45, 2.75) is 84.7 Å². The van der Waals surface area contributed by atoms with E-state index in [-0.39, 0.29) is 0 Å². The molecule has 0 bridgehead atoms. The maximum atomic E-state index is 3.58. The largest absolute Gasteiger partial charge is 0.316 e. The Morgan fingerprint density at radius 3 is 2.55 bits per heavy atom. The topological polar surface area (TPSA) is 15.3 Å². The van der Waals surface area contributed by atoms with Gasteiger partial charge in [0.25, 0.3) is 0 Å². The van der Waals surface area contributed by atoms with Gasteiger partial charge >= 0.3 is 0 Å². The highest BCUT2D eigenvalue weighted by Gasteiger charge is 2.30. The summed E-state index contributed by atoms with van der Waals surface area (Å²) >= 11 is 0. The van der Waals surface area contributed by atoms with Crippen molar-refractivity contribution in [3.05, 3.63) is 0 Å². The van der Waals surface area contributed by atoms with Crippen LogP contribution in [-0.4, -0.2) is 36.6 Å². The van der Waals surface area contributed by atoms with Crippen molar-refractivity contribution < 1.29 is 0 Å². The van der Waals surface area contributed by atoms with E-state index in [1.165, 1.54) is 64.6 Å². The summed E-state index contributed by atoms with van der Waals surface area (Å²) in [4.78, 5) is 2.83. The molecule has 2 aliphatic rings. The standard InChI is InChI=1S/C18H36N2/c1-15(2)20(14-16-7-6-12-19-13-16)17-8-5-10-18(3,4)11-9-17/h15-17,19H,5-14H2,1-4H3. The Labute approximate surface area is 126 Å². The van der Waals surface area contributed by atoms with Crippen molar-refractivity contribution in [1.29, 1.82) is 0 Å². The fourth-order valence-corrected chi connectivity index (χ4v) is 4.13. The molecule has 2 unspecified atom stereocenters. The van der Waals surface area contributed by atoms with E-state index in [9.17, 15) is 0 Å². The van der Waals surface area contributed by atoms with Gasteiger partial charge in [0, 0.05) is 18.6 Å². The molecule has 0 aromatic rings. The summed E-state index contributed by atoms with van der Waals surface area (Å²) < 4.78 is 0. The van der Waals surface area contributed by atoms with Gasteiger partial charge < -0.3 is 5.32 Å². The van der Waals surface area contributed by atoms with E-state index < -0.39 is 0 Å². The minimum Gasteiger partial charge on any atom is -0.316 e. The third-order valence-electron chi connectivity index (χ3n) is 5.55. The maximum Gasteiger partial charge on any atom is 0.00982 e. The van der Waals surface area contributed by atoms with Crippen molar-refractivity contribution in [2.75, 3.05) is 19.6 Å². The van der Waals surface area contributed by atoms with Crippen molar-refractivity contribution in [3.8, 4) is 0 Å². The minimum absolute atomic E-state index is 0.573. The maximum absolute atomic E-state index is 3.58. The normalized spacial score (nSPS) is 31.5. The molecule has 1 saturated heterocycles. The van der Waals surface area contributed by atoms with Gasteiger partial charge in [-0.1, -0.05) is 20.3 Å². The Balaban J connectivity index is 1.93. The lowest BCUT2D eigenvalue weighted by atomic mass is 9.85. The number of nitrogens with zero attached hydrogens (tertiary/aromatic N) is 1. The molecular weight excluding hydrogens is 244 g/mol. The van der Waals surface area contributed by atoms with Gasteiger partial charge in [-0.15, -0.1) is 0 Å². The van der Waals surface area contributed by atoms with Gasteiger partial charge in [-0.3, -0.25) is 4.90 Å². The molecule has 0 spiro atoms. The van der Waals surface area contributed by atoms with Crippen LogP contribution in [0.3, 0.4) is 0 Å². The zero-order valence-electron chi connectivity index (χ0n) is 14.3. The molecule has 2 rings (SSSR count). The summed E-state index contributed by atoms with van der Waals surface area (Å²) in [5, 5.41) is 3.58. The fourth-order valence-electron chi connectivity index (χ4n) is 4.13. The quantitative estimate of drug-likeness (QED) is 0.781. The van der Waals surface area contributed by atoms with Crippen LogP contribution in [0.5, 0.6) is 0 Å². The summed E-state index contributed by atoms with van der Waals surface area (Å²) in [7, 11) is 0. The lowest BCUT2D eigenvalue weighted by Gasteiger charge is -2.38. The molecule has 2 atom stereocenters. The predicted octanol–water partition coefficient (Wildman–Crippen LogP) is 4.06. The van der Waals surface area contributed by atoms with Crippen LogP contribution in [0.4, 0.5) is 0 Å². The Hall–Kier alpha value is -0.0800. The molecule has 0 radical (unpaired) electrons. The van der Waals surface area contributed by atoms with E-state index >= 15 is 0 Å². The minimum atomic E-state index is 0.573. The van der Waals surface area contributed by atoms with Gasteiger partial charge in [0.15, 0.2) is 0 Å². The molecule has 20 heavy (non-hydrogen) atoms. The van der Waals surface area contributed by atoms with Crippen molar-refractivity contribution >= 4 is 0 Å². The predicted molar refractivity (Wildman–Crippen MR) is 88.1 cm³/mol. The van der Waals surface area contributed by atoms with Gasteiger partial charge in [-0.2, -0.15) is 0 Å². The lowest BCUT2D eigenvalue weighted by molar-refractivity contribution is 0.105. The summed E-state index contributed by atoms with van der Waals surface area (Å²) in [5.74, 6) is 0.877. The second-order valence-electron chi connectivity index (χ2n) is 8.25. The van der Waals surface area contributed by atoms with E-state index in [1.807, 2.05) is 0 Å². The smallest absolute Gasteiger partial charge is 0.00982 e. The van der Waals surface area contributed by atoms with Gasteiger partial charge in [0.2, 0.25) is 0 Å². The summed E-state index contributed by atoms with van der Waals surface area (Å²) in [6.45, 7) is 13.5. The third kappa shape index (κ3) is 4.73. The lowest BCUT2D eigenvalue weighted by Crippen LogP contribution is -2.46. The number of nitrogens with one attached hydrogen (secondary N) is 1. The van der Waals surface area contributed by atoms with Gasteiger partial charge in [0.1, 0.15) is 0 Å². The monoisotopic (exact) mass is 280 g/mol. The third-order valence-corrected chi connectivity index (χ3v) is 5.55. The van der Waals surface area contributed by atoms with E-state index in [4.69, 9.17) is 0 Å². The first-order chi connectivity index (χ1) is 9.48. The van der Waals surface area contributed by atoms with Crippen LogP contribution in [0.15, 0.2) is 0 Å². The zero-order chi connectivity index (χ0) is 14.6. The Morgan fingerprint density at radius 1 is 1.10 bits per heavy atom. The molecule has 1 N–H and O–H groups in total. The highest BCUT2D eigenvalue weighted by molar-refractivity contribution is 4.85. The van der Waals surface area contributed by atoms with Crippen LogP contribution in [-0.2, 0) is 0 Å². The number of hydrogen-bond acceptors (Lipinski definition) is 2. The van der Waals surface area contributed by atoms with Crippen LogP contribution in [0.2, 0.25) is 0 Å². The molecule has 1 saturated carbocycles. The van der Waals surface area contributed by atoms with E-state index in [1.54, 1.807) is 0 Å².